The lowest BCUT2D eigenvalue weighted by Crippen LogP contribution is -2.37. The predicted molar refractivity (Wildman–Crippen MR) is 123 cm³/mol. The van der Waals surface area contributed by atoms with Gasteiger partial charge in [-0.25, -0.2) is 13.1 Å². The van der Waals surface area contributed by atoms with Crippen LogP contribution in [0.2, 0.25) is 0 Å². The van der Waals surface area contributed by atoms with Crippen LogP contribution in [0.4, 0.5) is 0 Å². The predicted octanol–water partition coefficient (Wildman–Crippen LogP) is 1.54. The number of rotatable bonds is 11. The van der Waals surface area contributed by atoms with Crippen LogP contribution in [0.1, 0.15) is 38.7 Å². The number of aliphatic hydroxyl groups is 1. The van der Waals surface area contributed by atoms with Gasteiger partial charge < -0.3 is 15.7 Å². The fourth-order valence-corrected chi connectivity index (χ4v) is 4.41. The second-order valence-electron chi connectivity index (χ2n) is 7.66. The summed E-state index contributed by atoms with van der Waals surface area (Å²) in [4.78, 5) is 36.8. The Morgan fingerprint density at radius 2 is 1.73 bits per heavy atom. The summed E-state index contributed by atoms with van der Waals surface area (Å²) in [6.07, 6.45) is 0.412. The molecule has 3 amide bonds. The van der Waals surface area contributed by atoms with Crippen molar-refractivity contribution in [2.45, 2.75) is 50.7 Å². The van der Waals surface area contributed by atoms with Gasteiger partial charge in [0.25, 0.3) is 15.9 Å². The lowest BCUT2D eigenvalue weighted by Gasteiger charge is -2.21. The van der Waals surface area contributed by atoms with E-state index in [1.165, 1.54) is 24.0 Å². The highest BCUT2D eigenvalue weighted by Gasteiger charge is 2.23. The van der Waals surface area contributed by atoms with Crippen molar-refractivity contribution in [2.75, 3.05) is 6.54 Å². The van der Waals surface area contributed by atoms with Crippen molar-refractivity contribution in [3.05, 3.63) is 54.1 Å². The van der Waals surface area contributed by atoms with Crippen molar-refractivity contribution >= 4 is 27.7 Å². The molecular formula is C23H29N3O6S. The average Bonchev–Trinajstić information content (AvgIpc) is 2.77. The first-order chi connectivity index (χ1) is 15.5. The molecule has 10 heteroatoms. The Kier molecular flexibility index (Phi) is 9.12. The largest absolute Gasteiger partial charge is 0.384 e. The fourth-order valence-electron chi connectivity index (χ4n) is 3.13. The molecule has 0 aliphatic rings. The van der Waals surface area contributed by atoms with Crippen molar-refractivity contribution in [2.24, 2.45) is 5.73 Å². The molecule has 178 valence electrons. The number of nitrogens with zero attached hydrogens (tertiary/aromatic N) is 1. The summed E-state index contributed by atoms with van der Waals surface area (Å²) in [5, 5.41) is 9.33. The normalized spacial score (nSPS) is 12.1. The maximum absolute atomic E-state index is 12.7. The van der Waals surface area contributed by atoms with Crippen LogP contribution < -0.4 is 10.5 Å². The molecule has 0 unspecified atom stereocenters. The molecule has 0 aromatic heterocycles. The lowest BCUT2D eigenvalue weighted by atomic mass is 10.0. The second kappa shape index (κ2) is 11.6. The Labute approximate surface area is 193 Å². The molecule has 0 spiro atoms. The van der Waals surface area contributed by atoms with Crippen molar-refractivity contribution in [3.8, 4) is 11.1 Å². The molecule has 33 heavy (non-hydrogen) atoms. The number of amides is 3. The number of carbonyl (C=O) groups excluding carboxylic acids is 3. The number of carbonyl (C=O) groups is 3. The number of primary amides is 1. The summed E-state index contributed by atoms with van der Waals surface area (Å²) in [5.74, 6) is -1.79. The van der Waals surface area contributed by atoms with Crippen molar-refractivity contribution in [3.63, 3.8) is 0 Å². The van der Waals surface area contributed by atoms with Crippen LogP contribution in [0.15, 0.2) is 53.4 Å². The Hall–Kier alpha value is -3.24. The molecular weight excluding hydrogens is 446 g/mol. The molecule has 2 aromatic carbocycles. The average molecular weight is 476 g/mol. The molecule has 0 fully saturated rings. The zero-order valence-electron chi connectivity index (χ0n) is 18.7. The van der Waals surface area contributed by atoms with Gasteiger partial charge in [-0.3, -0.25) is 14.4 Å². The van der Waals surface area contributed by atoms with Crippen LogP contribution in [-0.4, -0.2) is 48.8 Å². The van der Waals surface area contributed by atoms with Gasteiger partial charge >= 0.3 is 0 Å². The van der Waals surface area contributed by atoms with E-state index in [4.69, 9.17) is 5.73 Å². The van der Waals surface area contributed by atoms with Gasteiger partial charge in [0, 0.05) is 18.5 Å². The number of nitrogens with two attached hydrogens (primary N) is 1. The first kappa shape index (κ1) is 26.0. The van der Waals surface area contributed by atoms with Gasteiger partial charge in [-0.2, -0.15) is 0 Å². The summed E-state index contributed by atoms with van der Waals surface area (Å²) >= 11 is 0. The molecule has 0 bridgehead atoms. The highest BCUT2D eigenvalue weighted by molar-refractivity contribution is 7.90. The number of aliphatic hydroxyl groups excluding tert-OH is 1. The molecule has 0 heterocycles. The molecule has 0 aliphatic carbocycles. The van der Waals surface area contributed by atoms with Crippen LogP contribution in [0, 0.1) is 0 Å². The zero-order chi connectivity index (χ0) is 24.6. The summed E-state index contributed by atoms with van der Waals surface area (Å²) in [7, 11) is -4.21. The minimum Gasteiger partial charge on any atom is -0.384 e. The molecule has 1 atom stereocenters. The van der Waals surface area contributed by atoms with Crippen LogP contribution in [0.3, 0.4) is 0 Å². The molecule has 4 N–H and O–H groups in total. The fraction of sp³-hybridized carbons (Fsp3) is 0.348. The quantitative estimate of drug-likeness (QED) is 0.449. The van der Waals surface area contributed by atoms with Crippen LogP contribution in [0.5, 0.6) is 0 Å². The van der Waals surface area contributed by atoms with E-state index in [0.29, 0.717) is 24.0 Å². The minimum absolute atomic E-state index is 0.114. The van der Waals surface area contributed by atoms with Gasteiger partial charge in [-0.05, 0) is 30.5 Å². The molecule has 0 radical (unpaired) electrons. The van der Waals surface area contributed by atoms with Gasteiger partial charge in [0.05, 0.1) is 11.4 Å². The molecule has 9 nitrogen and oxygen atoms in total. The van der Waals surface area contributed by atoms with Gasteiger partial charge in [-0.1, -0.05) is 55.8 Å². The summed E-state index contributed by atoms with van der Waals surface area (Å²) in [6.45, 7) is 3.15. The number of unbranched alkanes of at least 4 members (excludes halogenated alkanes) is 1. The molecule has 2 aromatic rings. The highest BCUT2D eigenvalue weighted by atomic mass is 32.2. The molecule has 0 aliphatic heterocycles. The maximum Gasteiger partial charge on any atom is 0.264 e. The molecule has 0 saturated carbocycles. The van der Waals surface area contributed by atoms with Crippen LogP contribution in [-0.2, 0) is 31.0 Å². The van der Waals surface area contributed by atoms with E-state index in [0.717, 1.165) is 12.0 Å². The number of benzene rings is 2. The van der Waals surface area contributed by atoms with E-state index < -0.39 is 27.9 Å². The van der Waals surface area contributed by atoms with Crippen molar-refractivity contribution < 1.29 is 27.9 Å². The van der Waals surface area contributed by atoms with E-state index in [9.17, 15) is 27.9 Å². The highest BCUT2D eigenvalue weighted by Crippen LogP contribution is 2.27. The summed E-state index contributed by atoms with van der Waals surface area (Å²) in [5.41, 5.74) is 6.97. The third-order valence-electron chi connectivity index (χ3n) is 4.87. The van der Waals surface area contributed by atoms with E-state index >= 15 is 0 Å². The van der Waals surface area contributed by atoms with E-state index in [1.807, 2.05) is 11.6 Å². The van der Waals surface area contributed by atoms with E-state index in [-0.39, 0.29) is 23.9 Å². The second-order valence-corrected chi connectivity index (χ2v) is 9.31. The van der Waals surface area contributed by atoms with E-state index in [1.54, 1.807) is 36.4 Å². The monoisotopic (exact) mass is 475 g/mol. The van der Waals surface area contributed by atoms with Crippen LogP contribution >= 0.6 is 0 Å². The maximum atomic E-state index is 12.7. The number of sulfonamides is 1. The summed E-state index contributed by atoms with van der Waals surface area (Å²) in [6, 6.07) is 13.0. The Morgan fingerprint density at radius 1 is 1.09 bits per heavy atom. The van der Waals surface area contributed by atoms with Crippen LogP contribution in [0.25, 0.3) is 11.1 Å². The van der Waals surface area contributed by atoms with Gasteiger partial charge in [0.2, 0.25) is 11.8 Å². The third kappa shape index (κ3) is 7.40. The van der Waals surface area contributed by atoms with Crippen molar-refractivity contribution in [1.82, 2.24) is 9.62 Å². The summed E-state index contributed by atoms with van der Waals surface area (Å²) < 4.78 is 27.2. The van der Waals surface area contributed by atoms with Gasteiger partial charge in [-0.15, -0.1) is 0 Å². The Morgan fingerprint density at radius 3 is 2.30 bits per heavy atom. The first-order valence-electron chi connectivity index (χ1n) is 10.5. The standard InChI is InChI=1S/C23H29N3O6S/c1-3-4-9-22(29)26(15-21(24)28)14-17-10-12-18(13-11-17)19-7-5-6-8-20(19)33(31,32)25-23(30)16(2)27/h5-8,10-13,16,27H,3-4,9,14-15H2,1-2H3,(H2,24,28)(H,25,30)/t16-/m0/s1. The first-order valence-corrected chi connectivity index (χ1v) is 12.0. The number of hydrogen-bond acceptors (Lipinski definition) is 6. The smallest absolute Gasteiger partial charge is 0.264 e. The number of nitrogens with one attached hydrogen (secondary N) is 1. The SMILES string of the molecule is CCCCC(=O)N(CC(N)=O)Cc1ccc(-c2ccccc2S(=O)(=O)NC(=O)[C@H](C)O)cc1. The minimum atomic E-state index is -4.21. The van der Waals surface area contributed by atoms with Crippen molar-refractivity contribution in [1.29, 1.82) is 0 Å². The Bertz CT molecular complexity index is 1100. The Balaban J connectivity index is 2.29. The topological polar surface area (TPSA) is 147 Å². The van der Waals surface area contributed by atoms with Gasteiger partial charge in [0.15, 0.2) is 0 Å². The molecule has 2 rings (SSSR count). The molecule has 0 saturated heterocycles. The lowest BCUT2D eigenvalue weighted by molar-refractivity contribution is -0.135. The number of hydrogen-bond donors (Lipinski definition) is 3. The van der Waals surface area contributed by atoms with Gasteiger partial charge in [0.1, 0.15) is 6.10 Å². The van der Waals surface area contributed by atoms with E-state index in [2.05, 4.69) is 0 Å². The third-order valence-corrected chi connectivity index (χ3v) is 6.28. The zero-order valence-corrected chi connectivity index (χ0v) is 19.5.